The Balaban J connectivity index is 1.50. The van der Waals surface area contributed by atoms with Crippen LogP contribution in [-0.4, -0.2) is 120 Å². The fourth-order valence-corrected chi connectivity index (χ4v) is 9.63. The number of nitrogens with zero attached hydrogens (tertiary/aromatic N) is 2. The molecule has 1 amide bonds. The molecule has 14 heteroatoms. The molecule has 14 nitrogen and oxygen atoms in total. The normalized spacial score (nSPS) is 35.0. The van der Waals surface area contributed by atoms with Crippen molar-refractivity contribution >= 4 is 33.8 Å². The fourth-order valence-electron chi connectivity index (χ4n) is 9.63. The SMILES string of the molecule is CO[C@H]1[C@H](C)[C@H](O)[C@H](C)[C@H]2O[C@@](C)(/C=C/C=C(/C)C(=O)Nc3c(N4CCN(CC(C)C)CC4)c(O)c4c5c(c(C)c(O)c4c3O)O[C@](C)(O/C=C/[C@H](OC)[C@H]1C)C5=O)[C@@H]2C. The second kappa shape index (κ2) is 17.2. The lowest BCUT2D eigenvalue weighted by molar-refractivity contribution is -0.251. The standard InChI is InChI=1S/C46H65N3O11/c1-23(2)22-48-17-19-49(20-18-48)35-34-38(52)32-31(39(35)53)33-42(28(7)37(32)51)60-46(10,43(33)54)58-21-15-30(56-11)25(4)40(57-12)26(5)36(50)27(6)41-29(8)45(9,59-41)16-13-14-24(3)44(55)47-34/h13-16,21,23,25-27,29-30,36,40-41,50-53H,17-20,22H2,1-12H3,(H,47,55)/b16-13+,21-15+,24-14-/t25-,26-,27+,29-,30+,36+,40-,41-,45+,46+/m1/s1. The van der Waals surface area contributed by atoms with Gasteiger partial charge in [0.1, 0.15) is 28.6 Å². The maximum absolute atomic E-state index is 14.6. The Kier molecular flexibility index (Phi) is 13.0. The second-order valence-electron chi connectivity index (χ2n) is 18.0. The van der Waals surface area contributed by atoms with Crippen molar-refractivity contribution < 1.29 is 53.7 Å². The number of ketones is 1. The Bertz CT molecular complexity index is 2070. The van der Waals surface area contributed by atoms with Gasteiger partial charge in [-0.15, -0.1) is 0 Å². The summed E-state index contributed by atoms with van der Waals surface area (Å²) in [6.45, 7) is 21.9. The van der Waals surface area contributed by atoms with E-state index >= 15 is 0 Å². The highest BCUT2D eigenvalue weighted by atomic mass is 16.7. The number of aliphatic hydroxyl groups excluding tert-OH is 1. The zero-order chi connectivity index (χ0) is 44.2. The topological polar surface area (TPSA) is 180 Å². The number of Topliss-reactive ketones (excluding diaryl/α,β-unsaturated/α-hetero) is 1. The highest BCUT2D eigenvalue weighted by Crippen LogP contribution is 2.58. The number of aromatic hydroxyl groups is 3. The summed E-state index contributed by atoms with van der Waals surface area (Å²) in [5.41, 5.74) is -0.311. The molecule has 0 unspecified atom stereocenters. The van der Waals surface area contributed by atoms with Gasteiger partial charge >= 0.3 is 5.79 Å². The number of anilines is 2. The molecule has 60 heavy (non-hydrogen) atoms. The number of carbonyl (C=O) groups excluding carboxylic acids is 2. The molecule has 2 saturated heterocycles. The van der Waals surface area contributed by atoms with E-state index in [2.05, 4.69) is 31.0 Å². The molecule has 6 aliphatic heterocycles. The molecule has 2 fully saturated rings. The van der Waals surface area contributed by atoms with E-state index < -0.39 is 58.6 Å². The number of piperazine rings is 1. The molecule has 0 saturated carbocycles. The summed E-state index contributed by atoms with van der Waals surface area (Å²) in [4.78, 5) is 32.7. The van der Waals surface area contributed by atoms with Crippen molar-refractivity contribution in [2.24, 2.45) is 29.6 Å². The quantitative estimate of drug-likeness (QED) is 0.165. The lowest BCUT2D eigenvalue weighted by atomic mass is 9.70. The number of carbonyl (C=O) groups is 2. The second-order valence-corrected chi connectivity index (χ2v) is 18.0. The molecule has 0 aromatic heterocycles. The van der Waals surface area contributed by atoms with Gasteiger partial charge in [0.15, 0.2) is 5.75 Å². The van der Waals surface area contributed by atoms with Crippen LogP contribution in [-0.2, 0) is 23.7 Å². The minimum absolute atomic E-state index is 0.00910. The molecule has 5 N–H and O–H groups in total. The highest BCUT2D eigenvalue weighted by molar-refractivity contribution is 6.23. The van der Waals surface area contributed by atoms with Crippen molar-refractivity contribution in [3.63, 3.8) is 0 Å². The number of aliphatic hydroxyl groups is 1. The van der Waals surface area contributed by atoms with Crippen LogP contribution >= 0.6 is 0 Å². The third-order valence-corrected chi connectivity index (χ3v) is 13.5. The van der Waals surface area contributed by atoms with Crippen LogP contribution in [0.2, 0.25) is 0 Å². The van der Waals surface area contributed by atoms with Crippen molar-refractivity contribution in [2.45, 2.75) is 105 Å². The lowest BCUT2D eigenvalue weighted by Crippen LogP contribution is -2.60. The van der Waals surface area contributed by atoms with Crippen LogP contribution in [0.15, 0.2) is 36.1 Å². The van der Waals surface area contributed by atoms with E-state index in [1.165, 1.54) is 20.1 Å². The van der Waals surface area contributed by atoms with Crippen molar-refractivity contribution in [1.82, 2.24) is 4.90 Å². The average Bonchev–Trinajstić information content (AvgIpc) is 3.47. The number of phenols is 3. The van der Waals surface area contributed by atoms with Crippen LogP contribution in [0, 0.1) is 36.5 Å². The molecule has 8 rings (SSSR count). The molecule has 7 bridgehead atoms. The molecule has 6 heterocycles. The van der Waals surface area contributed by atoms with Gasteiger partial charge in [0.2, 0.25) is 0 Å². The Morgan fingerprint density at radius 2 is 1.58 bits per heavy atom. The number of amides is 1. The van der Waals surface area contributed by atoms with E-state index in [1.807, 2.05) is 38.7 Å². The first-order valence-corrected chi connectivity index (χ1v) is 21.1. The van der Waals surface area contributed by atoms with Gasteiger partial charge in [-0.2, -0.15) is 0 Å². The average molecular weight is 836 g/mol. The first-order valence-electron chi connectivity index (χ1n) is 21.1. The number of benzene rings is 2. The van der Waals surface area contributed by atoms with Crippen LogP contribution in [0.1, 0.15) is 78.2 Å². The highest BCUT2D eigenvalue weighted by Gasteiger charge is 2.53. The smallest absolute Gasteiger partial charge is 0.312 e. The van der Waals surface area contributed by atoms with E-state index in [0.29, 0.717) is 37.7 Å². The van der Waals surface area contributed by atoms with Crippen molar-refractivity contribution in [3.8, 4) is 23.0 Å². The third-order valence-electron chi connectivity index (χ3n) is 13.5. The number of nitrogens with one attached hydrogen (secondary N) is 1. The maximum atomic E-state index is 14.6. The van der Waals surface area contributed by atoms with Crippen molar-refractivity contribution in [1.29, 1.82) is 0 Å². The van der Waals surface area contributed by atoms with E-state index in [9.17, 15) is 30.0 Å². The van der Waals surface area contributed by atoms with E-state index in [0.717, 1.165) is 6.54 Å². The summed E-state index contributed by atoms with van der Waals surface area (Å²) in [5.74, 6) is -4.94. The molecule has 0 radical (unpaired) electrons. The van der Waals surface area contributed by atoms with Gasteiger partial charge in [0, 0.05) is 94.1 Å². The first-order chi connectivity index (χ1) is 28.2. The molecule has 0 aliphatic carbocycles. The molecular weight excluding hydrogens is 771 g/mol. The van der Waals surface area contributed by atoms with Crippen molar-refractivity contribution in [3.05, 3.63) is 47.3 Å². The number of phenolic OH excluding ortho intramolecular Hbond substituents is 3. The molecule has 10 atom stereocenters. The number of hydrogen-bond donors (Lipinski definition) is 5. The van der Waals surface area contributed by atoms with Gasteiger partial charge in [-0.1, -0.05) is 59.8 Å². The molecule has 0 spiro atoms. The van der Waals surface area contributed by atoms with E-state index in [1.54, 1.807) is 39.4 Å². The first kappa shape index (κ1) is 45.2. The molecular formula is C46H65N3O11. The number of rotatable bonds is 5. The van der Waals surface area contributed by atoms with Crippen LogP contribution in [0.4, 0.5) is 11.4 Å². The predicted molar refractivity (Wildman–Crippen MR) is 230 cm³/mol. The van der Waals surface area contributed by atoms with Gasteiger partial charge in [0.05, 0.1) is 47.2 Å². The van der Waals surface area contributed by atoms with E-state index in [-0.39, 0.29) is 68.8 Å². The summed E-state index contributed by atoms with van der Waals surface area (Å²) in [6.07, 6.45) is 6.18. The number of hydrogen-bond acceptors (Lipinski definition) is 13. The van der Waals surface area contributed by atoms with Gasteiger partial charge in [-0.05, 0) is 32.8 Å². The van der Waals surface area contributed by atoms with Crippen LogP contribution in [0.3, 0.4) is 0 Å². The molecule has 6 aliphatic rings. The zero-order valence-electron chi connectivity index (χ0n) is 37.2. The molecule has 2 aromatic rings. The van der Waals surface area contributed by atoms with Crippen LogP contribution in [0.25, 0.3) is 10.8 Å². The van der Waals surface area contributed by atoms with Gasteiger partial charge in [-0.25, -0.2) is 0 Å². The molecule has 330 valence electrons. The fraction of sp³-hybridized carbons (Fsp3) is 0.609. The monoisotopic (exact) mass is 835 g/mol. The minimum atomic E-state index is -1.95. The third kappa shape index (κ3) is 7.85. The Labute approximate surface area is 353 Å². The van der Waals surface area contributed by atoms with Crippen molar-refractivity contribution in [2.75, 3.05) is 57.2 Å². The van der Waals surface area contributed by atoms with E-state index in [4.69, 9.17) is 23.7 Å². The Morgan fingerprint density at radius 1 is 0.917 bits per heavy atom. The number of allylic oxidation sites excluding steroid dienone is 2. The number of ether oxygens (including phenoxy) is 5. The van der Waals surface area contributed by atoms with Gasteiger partial charge < -0.3 is 54.3 Å². The summed E-state index contributed by atoms with van der Waals surface area (Å²) < 4.78 is 30.6. The summed E-state index contributed by atoms with van der Waals surface area (Å²) in [6, 6.07) is 0. The van der Waals surface area contributed by atoms with Crippen LogP contribution < -0.4 is 15.0 Å². The van der Waals surface area contributed by atoms with Gasteiger partial charge in [-0.3, -0.25) is 14.5 Å². The summed E-state index contributed by atoms with van der Waals surface area (Å²) >= 11 is 0. The maximum Gasteiger partial charge on any atom is 0.312 e. The zero-order valence-corrected chi connectivity index (χ0v) is 37.2. The molecule has 2 aromatic carbocycles. The Morgan fingerprint density at radius 3 is 2.18 bits per heavy atom. The lowest BCUT2D eigenvalue weighted by Gasteiger charge is -2.54. The summed E-state index contributed by atoms with van der Waals surface area (Å²) in [5, 5.41) is 50.4. The largest absolute Gasteiger partial charge is 0.507 e. The van der Waals surface area contributed by atoms with Crippen LogP contribution in [0.5, 0.6) is 23.0 Å². The predicted octanol–water partition coefficient (Wildman–Crippen LogP) is 6.41. The summed E-state index contributed by atoms with van der Waals surface area (Å²) in [7, 11) is 3.15. The van der Waals surface area contributed by atoms with Gasteiger partial charge in [0.25, 0.3) is 11.7 Å². The number of methoxy groups -OCH3 is 2. The minimum Gasteiger partial charge on any atom is -0.507 e. The Hall–Kier alpha value is -4.34.